The molecule has 148 valence electrons. The van der Waals surface area contributed by atoms with Crippen molar-refractivity contribution in [2.75, 3.05) is 18.5 Å². The number of halogens is 1. The number of urea groups is 1. The highest BCUT2D eigenvalue weighted by Crippen LogP contribution is 2.37. The van der Waals surface area contributed by atoms with Gasteiger partial charge in [0.2, 0.25) is 11.4 Å². The number of nitrogens with zero attached hydrogens (tertiary/aromatic N) is 4. The fourth-order valence-corrected chi connectivity index (χ4v) is 4.78. The molecule has 1 saturated heterocycles. The van der Waals surface area contributed by atoms with Gasteiger partial charge in [-0.05, 0) is 37.1 Å². The zero-order chi connectivity index (χ0) is 19.7. The van der Waals surface area contributed by atoms with Gasteiger partial charge in [0.1, 0.15) is 5.01 Å². The summed E-state index contributed by atoms with van der Waals surface area (Å²) in [4.78, 5) is 28.1. The maximum atomic E-state index is 12.6. The van der Waals surface area contributed by atoms with Gasteiger partial charge in [-0.3, -0.25) is 0 Å². The summed E-state index contributed by atoms with van der Waals surface area (Å²) in [6, 6.07) is 6.20. The van der Waals surface area contributed by atoms with E-state index in [4.69, 9.17) is 16.3 Å². The van der Waals surface area contributed by atoms with E-state index in [1.165, 1.54) is 40.4 Å². The number of hydrogen-bond donors (Lipinski definition) is 0. The number of benzene rings is 1. The molecule has 1 atom stereocenters. The summed E-state index contributed by atoms with van der Waals surface area (Å²) in [5, 5.41) is 10.5. The molecule has 1 aromatic carbocycles. The van der Waals surface area contributed by atoms with Crippen LogP contribution in [-0.2, 0) is 4.74 Å². The van der Waals surface area contributed by atoms with Crippen LogP contribution in [-0.4, -0.2) is 46.9 Å². The zero-order valence-electron chi connectivity index (χ0n) is 15.5. The van der Waals surface area contributed by atoms with E-state index in [-0.39, 0.29) is 12.6 Å². The van der Waals surface area contributed by atoms with Gasteiger partial charge in [0.05, 0.1) is 12.1 Å². The van der Waals surface area contributed by atoms with Crippen LogP contribution in [0.2, 0.25) is 5.02 Å². The molecule has 2 fully saturated rings. The lowest BCUT2D eigenvalue weighted by molar-refractivity contribution is 0.0331. The van der Waals surface area contributed by atoms with Gasteiger partial charge in [-0.25, -0.2) is 14.5 Å². The molecule has 1 aromatic heterocycles. The molecule has 2 aliphatic rings. The number of hydrogen-bond acceptors (Lipinski definition) is 6. The average molecular weight is 421 g/mol. The minimum atomic E-state index is -0.743. The van der Waals surface area contributed by atoms with E-state index in [1.54, 1.807) is 31.3 Å². The summed E-state index contributed by atoms with van der Waals surface area (Å²) in [5.41, 5.74) is 0.381. The molecule has 1 aliphatic carbocycles. The lowest BCUT2D eigenvalue weighted by Crippen LogP contribution is -2.37. The predicted molar refractivity (Wildman–Crippen MR) is 107 cm³/mol. The van der Waals surface area contributed by atoms with E-state index in [2.05, 4.69) is 10.2 Å². The molecule has 2 amide bonds. The molecule has 4 rings (SSSR count). The van der Waals surface area contributed by atoms with E-state index >= 15 is 0 Å². The predicted octanol–water partition coefficient (Wildman–Crippen LogP) is 4.29. The molecule has 0 radical (unpaired) electrons. The van der Waals surface area contributed by atoms with Crippen LogP contribution >= 0.6 is 22.9 Å². The summed E-state index contributed by atoms with van der Waals surface area (Å²) in [7, 11) is 1.68. The van der Waals surface area contributed by atoms with Gasteiger partial charge < -0.3 is 9.64 Å². The zero-order valence-corrected chi connectivity index (χ0v) is 17.1. The number of ether oxygens (including phenoxy) is 1. The second kappa shape index (κ2) is 8.05. The van der Waals surface area contributed by atoms with Crippen LogP contribution in [0.5, 0.6) is 0 Å². The van der Waals surface area contributed by atoms with Gasteiger partial charge in [-0.1, -0.05) is 42.2 Å². The second-order valence-corrected chi connectivity index (χ2v) is 8.58. The standard InChI is InChI=1S/C19H21ClN4O3S/c1-23-11-15(27-17(25)13-7-9-14(20)10-8-13)24(19(23)26)18-22-21-16(28-18)12-5-3-2-4-6-12/h7-10,12,15H,2-6,11H2,1H3. The Morgan fingerprint density at radius 2 is 1.89 bits per heavy atom. The summed E-state index contributed by atoms with van der Waals surface area (Å²) in [6.07, 6.45) is 5.14. The van der Waals surface area contributed by atoms with Crippen LogP contribution in [0.1, 0.15) is 53.4 Å². The maximum Gasteiger partial charge on any atom is 0.340 e. The molecule has 2 heterocycles. The van der Waals surface area contributed by atoms with Gasteiger partial charge in [0.25, 0.3) is 0 Å². The van der Waals surface area contributed by atoms with Gasteiger partial charge in [0, 0.05) is 18.0 Å². The van der Waals surface area contributed by atoms with Crippen molar-refractivity contribution in [3.8, 4) is 0 Å². The topological polar surface area (TPSA) is 75.6 Å². The number of likely N-dealkylation sites (N-methyl/N-ethyl adjacent to an activating group) is 1. The molecule has 2 aromatic rings. The first-order valence-corrected chi connectivity index (χ1v) is 10.6. The van der Waals surface area contributed by atoms with Gasteiger partial charge >= 0.3 is 12.0 Å². The van der Waals surface area contributed by atoms with Gasteiger partial charge in [-0.2, -0.15) is 0 Å². The van der Waals surface area contributed by atoms with Crippen LogP contribution < -0.4 is 4.90 Å². The van der Waals surface area contributed by atoms with Crippen molar-refractivity contribution in [3.63, 3.8) is 0 Å². The molecule has 0 N–H and O–H groups in total. The normalized spacial score (nSPS) is 20.6. The number of amides is 2. The van der Waals surface area contributed by atoms with Crippen molar-refractivity contribution in [3.05, 3.63) is 39.9 Å². The third kappa shape index (κ3) is 3.84. The highest BCUT2D eigenvalue weighted by molar-refractivity contribution is 7.15. The van der Waals surface area contributed by atoms with E-state index in [9.17, 15) is 9.59 Å². The molecule has 1 saturated carbocycles. The Kier molecular flexibility index (Phi) is 5.50. The fourth-order valence-electron chi connectivity index (χ4n) is 3.61. The molecule has 0 bridgehead atoms. The SMILES string of the molecule is CN1CC(OC(=O)c2ccc(Cl)cc2)N(c2nnc(C3CCCCC3)s2)C1=O. The Hall–Kier alpha value is -2.19. The number of carbonyl (C=O) groups excluding carboxylic acids is 2. The number of esters is 1. The second-order valence-electron chi connectivity index (χ2n) is 7.16. The molecule has 1 unspecified atom stereocenters. The van der Waals surface area contributed by atoms with E-state index in [0.29, 0.717) is 21.6 Å². The first-order valence-electron chi connectivity index (χ1n) is 9.37. The van der Waals surface area contributed by atoms with Crippen molar-refractivity contribution in [2.45, 2.75) is 44.2 Å². The van der Waals surface area contributed by atoms with E-state index in [1.807, 2.05) is 0 Å². The summed E-state index contributed by atoms with van der Waals surface area (Å²) < 4.78 is 5.62. The molecule has 9 heteroatoms. The lowest BCUT2D eigenvalue weighted by atomic mass is 9.90. The third-order valence-electron chi connectivity index (χ3n) is 5.16. The summed E-state index contributed by atoms with van der Waals surface area (Å²) in [5.74, 6) is -0.0997. The van der Waals surface area contributed by atoms with E-state index in [0.717, 1.165) is 17.8 Å². The van der Waals surface area contributed by atoms with Crippen LogP contribution in [0.15, 0.2) is 24.3 Å². The van der Waals surface area contributed by atoms with Crippen molar-refractivity contribution in [1.29, 1.82) is 0 Å². The average Bonchev–Trinajstić information content (AvgIpc) is 3.28. The molecule has 1 aliphatic heterocycles. The Balaban J connectivity index is 1.52. The van der Waals surface area contributed by atoms with Crippen molar-refractivity contribution < 1.29 is 14.3 Å². The Morgan fingerprint density at radius 1 is 1.18 bits per heavy atom. The fraction of sp³-hybridized carbons (Fsp3) is 0.474. The van der Waals surface area contributed by atoms with Crippen molar-refractivity contribution in [2.24, 2.45) is 0 Å². The molecule has 0 spiro atoms. The van der Waals surface area contributed by atoms with Crippen LogP contribution in [0, 0.1) is 0 Å². The van der Waals surface area contributed by atoms with Gasteiger partial charge in [-0.15, -0.1) is 10.2 Å². The smallest absolute Gasteiger partial charge is 0.340 e. The minimum absolute atomic E-state index is 0.250. The Morgan fingerprint density at radius 3 is 2.61 bits per heavy atom. The first kappa shape index (κ1) is 19.1. The molecular formula is C19H21ClN4O3S. The largest absolute Gasteiger partial charge is 0.435 e. The summed E-state index contributed by atoms with van der Waals surface area (Å²) >= 11 is 7.29. The Labute approximate surface area is 172 Å². The van der Waals surface area contributed by atoms with Crippen LogP contribution in [0.4, 0.5) is 9.93 Å². The number of rotatable bonds is 4. The van der Waals surface area contributed by atoms with Gasteiger partial charge in [0.15, 0.2) is 0 Å². The minimum Gasteiger partial charge on any atom is -0.435 e. The van der Waals surface area contributed by atoms with Crippen molar-refractivity contribution >= 4 is 40.1 Å². The summed E-state index contributed by atoms with van der Waals surface area (Å²) in [6.45, 7) is 0.274. The molecular weight excluding hydrogens is 400 g/mol. The highest BCUT2D eigenvalue weighted by atomic mass is 35.5. The van der Waals surface area contributed by atoms with Crippen molar-refractivity contribution in [1.82, 2.24) is 15.1 Å². The Bertz CT molecular complexity index is 866. The van der Waals surface area contributed by atoms with Crippen LogP contribution in [0.3, 0.4) is 0 Å². The molecule has 7 nitrogen and oxygen atoms in total. The van der Waals surface area contributed by atoms with Crippen LogP contribution in [0.25, 0.3) is 0 Å². The highest BCUT2D eigenvalue weighted by Gasteiger charge is 2.41. The lowest BCUT2D eigenvalue weighted by Gasteiger charge is -2.20. The number of anilines is 1. The quantitative estimate of drug-likeness (QED) is 0.689. The number of aromatic nitrogens is 2. The number of carbonyl (C=O) groups is 2. The first-order chi connectivity index (χ1) is 13.5. The van der Waals surface area contributed by atoms with E-state index < -0.39 is 12.2 Å². The third-order valence-corrected chi connectivity index (χ3v) is 6.50. The maximum absolute atomic E-state index is 12.6. The monoisotopic (exact) mass is 420 g/mol. The molecule has 28 heavy (non-hydrogen) atoms.